The summed E-state index contributed by atoms with van der Waals surface area (Å²) in [7, 11) is 0. The summed E-state index contributed by atoms with van der Waals surface area (Å²) in [5.74, 6) is 0. The van der Waals surface area contributed by atoms with Crippen LogP contribution in [0.15, 0.2) is 200 Å². The maximum atomic E-state index is 13.9. The highest BCUT2D eigenvalue weighted by Gasteiger charge is 2.31. The number of aromatic nitrogens is 2. The molecule has 0 aliphatic rings. The molecular weight excluding hydrogens is 784 g/mol. The Kier molecular flexibility index (Phi) is 8.88. The van der Waals surface area contributed by atoms with Crippen LogP contribution < -0.4 is 0 Å². The van der Waals surface area contributed by atoms with Gasteiger partial charge in [-0.05, 0) is 130 Å². The average Bonchev–Trinajstić information content (AvgIpc) is 3.83. The van der Waals surface area contributed by atoms with Crippen molar-refractivity contribution in [3.63, 3.8) is 0 Å². The fourth-order valence-corrected chi connectivity index (χ4v) is 9.36. The highest BCUT2D eigenvalue weighted by atomic mass is 19.4. The van der Waals surface area contributed by atoms with Crippen LogP contribution in [0, 0.1) is 13.5 Å². The van der Waals surface area contributed by atoms with E-state index in [2.05, 4.69) is 111 Å². The highest BCUT2D eigenvalue weighted by molar-refractivity contribution is 6.12. The molecule has 2 aromatic heterocycles. The van der Waals surface area contributed by atoms with Gasteiger partial charge in [0.15, 0.2) is 5.69 Å². The van der Waals surface area contributed by atoms with Gasteiger partial charge in [-0.2, -0.15) is 13.2 Å². The third-order valence-electron chi connectivity index (χ3n) is 12.3. The lowest BCUT2D eigenvalue weighted by atomic mass is 9.93. The van der Waals surface area contributed by atoms with Crippen LogP contribution in [0.3, 0.4) is 0 Å². The summed E-state index contributed by atoms with van der Waals surface area (Å²) in [5.41, 5.74) is 13.5. The number of aryl methyl sites for hydroxylation is 1. The third kappa shape index (κ3) is 6.36. The monoisotopic (exact) mass is 819 g/mol. The molecule has 0 radical (unpaired) electrons. The van der Waals surface area contributed by atoms with E-state index in [1.54, 1.807) is 13.0 Å². The molecule has 11 rings (SSSR count). The van der Waals surface area contributed by atoms with Crippen molar-refractivity contribution in [1.82, 2.24) is 9.13 Å². The van der Waals surface area contributed by atoms with Gasteiger partial charge in [0.25, 0.3) is 0 Å². The van der Waals surface area contributed by atoms with Gasteiger partial charge in [-0.1, -0.05) is 127 Å². The molecule has 11 aromatic rings. The molecule has 0 saturated carbocycles. The van der Waals surface area contributed by atoms with Crippen molar-refractivity contribution < 1.29 is 13.2 Å². The molecule has 0 spiro atoms. The minimum Gasteiger partial charge on any atom is -0.309 e. The molecule has 0 aliphatic heterocycles. The SMILES string of the molecule is [C-]#[N+]c1ccc(-n2c3ccccc3c3cc(-c4ccccc4)ccc32)cc1-c1cc(-c2ccc(C(F)(F)F)cc2C)ccc1-n1c2ccccc2c2cc(-c3ccccc3)ccc21. The van der Waals surface area contributed by atoms with Gasteiger partial charge >= 0.3 is 6.18 Å². The lowest BCUT2D eigenvalue weighted by molar-refractivity contribution is -0.137. The van der Waals surface area contributed by atoms with Crippen molar-refractivity contribution in [2.75, 3.05) is 0 Å². The summed E-state index contributed by atoms with van der Waals surface area (Å²) in [6.07, 6.45) is -4.46. The second-order valence-electron chi connectivity index (χ2n) is 16.0. The van der Waals surface area contributed by atoms with E-state index in [9.17, 15) is 13.2 Å². The maximum Gasteiger partial charge on any atom is 0.416 e. The number of alkyl halides is 3. The molecule has 9 aromatic carbocycles. The minimum absolute atomic E-state index is 0.459. The predicted molar refractivity (Wildman–Crippen MR) is 253 cm³/mol. The Labute approximate surface area is 362 Å². The van der Waals surface area contributed by atoms with Crippen LogP contribution in [0.25, 0.3) is 104 Å². The highest BCUT2D eigenvalue weighted by Crippen LogP contribution is 2.45. The third-order valence-corrected chi connectivity index (χ3v) is 12.3. The summed E-state index contributed by atoms with van der Waals surface area (Å²) in [6.45, 7) is 10.2. The van der Waals surface area contributed by atoms with E-state index in [1.807, 2.05) is 84.9 Å². The summed E-state index contributed by atoms with van der Waals surface area (Å²) in [5, 5.41) is 4.39. The predicted octanol–water partition coefficient (Wildman–Crippen LogP) is 16.4. The lowest BCUT2D eigenvalue weighted by Crippen LogP contribution is -2.05. The largest absolute Gasteiger partial charge is 0.416 e. The Morgan fingerprint density at radius 1 is 0.413 bits per heavy atom. The van der Waals surface area contributed by atoms with Gasteiger partial charge < -0.3 is 9.13 Å². The molecule has 0 amide bonds. The molecular formula is C57H36F3N3. The zero-order valence-corrected chi connectivity index (χ0v) is 34.0. The summed E-state index contributed by atoms with van der Waals surface area (Å²) < 4.78 is 46.1. The Balaban J connectivity index is 1.18. The van der Waals surface area contributed by atoms with E-state index in [0.717, 1.165) is 94.4 Å². The van der Waals surface area contributed by atoms with Gasteiger partial charge in [-0.15, -0.1) is 0 Å². The number of benzene rings is 9. The van der Waals surface area contributed by atoms with Crippen LogP contribution in [0.5, 0.6) is 0 Å². The quantitative estimate of drug-likeness (QED) is 0.148. The fraction of sp³-hybridized carbons (Fsp3) is 0.0351. The van der Waals surface area contributed by atoms with Gasteiger partial charge in [0, 0.05) is 27.2 Å². The molecule has 0 fully saturated rings. The zero-order valence-electron chi connectivity index (χ0n) is 34.0. The van der Waals surface area contributed by atoms with Crippen molar-refractivity contribution in [1.29, 1.82) is 0 Å². The van der Waals surface area contributed by atoms with Crippen LogP contribution in [-0.2, 0) is 6.18 Å². The van der Waals surface area contributed by atoms with E-state index in [-0.39, 0.29) is 0 Å². The van der Waals surface area contributed by atoms with Gasteiger partial charge in [0.1, 0.15) is 0 Å². The van der Waals surface area contributed by atoms with E-state index in [4.69, 9.17) is 6.57 Å². The summed E-state index contributed by atoms with van der Waals surface area (Å²) in [4.78, 5) is 4.10. The van der Waals surface area contributed by atoms with Crippen molar-refractivity contribution in [3.8, 4) is 55.9 Å². The van der Waals surface area contributed by atoms with E-state index in [0.29, 0.717) is 22.4 Å². The van der Waals surface area contributed by atoms with E-state index in [1.165, 1.54) is 6.07 Å². The Bertz CT molecular complexity index is 3630. The van der Waals surface area contributed by atoms with Crippen molar-refractivity contribution in [2.24, 2.45) is 0 Å². The molecule has 3 nitrogen and oxygen atoms in total. The number of para-hydroxylation sites is 2. The topological polar surface area (TPSA) is 14.2 Å². The Morgan fingerprint density at radius 3 is 1.54 bits per heavy atom. The van der Waals surface area contributed by atoms with Crippen molar-refractivity contribution in [2.45, 2.75) is 13.1 Å². The molecule has 6 heteroatoms. The van der Waals surface area contributed by atoms with Crippen molar-refractivity contribution >= 4 is 49.3 Å². The van der Waals surface area contributed by atoms with E-state index < -0.39 is 11.7 Å². The fourth-order valence-electron chi connectivity index (χ4n) is 9.36. The summed E-state index contributed by atoms with van der Waals surface area (Å²) in [6, 6.07) is 66.4. The molecule has 63 heavy (non-hydrogen) atoms. The van der Waals surface area contributed by atoms with Crippen molar-refractivity contribution in [3.05, 3.63) is 223 Å². The van der Waals surface area contributed by atoms with E-state index >= 15 is 0 Å². The number of halogens is 3. The average molecular weight is 820 g/mol. The number of fused-ring (bicyclic) bond motifs is 6. The minimum atomic E-state index is -4.46. The number of rotatable bonds is 6. The van der Waals surface area contributed by atoms with Gasteiger partial charge in [0.2, 0.25) is 0 Å². The smallest absolute Gasteiger partial charge is 0.309 e. The summed E-state index contributed by atoms with van der Waals surface area (Å²) >= 11 is 0. The molecule has 0 bridgehead atoms. The molecule has 300 valence electrons. The van der Waals surface area contributed by atoms with Crippen LogP contribution in [0.1, 0.15) is 11.1 Å². The number of hydrogen-bond donors (Lipinski definition) is 0. The Morgan fingerprint density at radius 2 is 0.952 bits per heavy atom. The van der Waals surface area contributed by atoms with Gasteiger partial charge in [-0.25, -0.2) is 4.85 Å². The number of hydrogen-bond acceptors (Lipinski definition) is 0. The normalized spacial score (nSPS) is 11.8. The maximum absolute atomic E-state index is 13.9. The first kappa shape index (κ1) is 37.8. The Hall–Kier alpha value is -8.14. The molecule has 0 aliphatic carbocycles. The zero-order chi connectivity index (χ0) is 42.8. The van der Waals surface area contributed by atoms with Gasteiger partial charge in [-0.3, -0.25) is 0 Å². The first-order chi connectivity index (χ1) is 30.7. The van der Waals surface area contributed by atoms with Gasteiger partial charge in [0.05, 0.1) is 39.9 Å². The molecule has 0 N–H and O–H groups in total. The standard InChI is InChI=1S/C57H36F3N3/c1-36-31-42(57(58,59)60)24-26-44(36)41-23-30-56(63-53-20-12-10-18-46(53)49-33-40(22-29-55(49)63)38-15-7-4-8-16-38)50(34-41)47-35-43(25-27-51(47)61-2)62-52-19-11-9-17-45(52)48-32-39(21-28-54(48)62)37-13-5-3-6-14-37/h3-35H,1H3. The second-order valence-corrected chi connectivity index (χ2v) is 16.0. The second kappa shape index (κ2) is 14.8. The van der Waals surface area contributed by atoms with Crippen LogP contribution >= 0.6 is 0 Å². The van der Waals surface area contributed by atoms with Crippen LogP contribution in [0.4, 0.5) is 18.9 Å². The molecule has 0 saturated heterocycles. The van der Waals surface area contributed by atoms with Crippen LogP contribution in [-0.4, -0.2) is 9.13 Å². The van der Waals surface area contributed by atoms with Crippen LogP contribution in [0.2, 0.25) is 0 Å². The molecule has 2 heterocycles. The number of nitrogens with zero attached hydrogens (tertiary/aromatic N) is 3. The lowest BCUT2D eigenvalue weighted by Gasteiger charge is -2.19. The first-order valence-corrected chi connectivity index (χ1v) is 20.8. The molecule has 0 unspecified atom stereocenters. The first-order valence-electron chi connectivity index (χ1n) is 20.8. The molecule has 0 atom stereocenters.